The topological polar surface area (TPSA) is 164 Å². The molecule has 5 N–H and O–H groups in total. The number of amides is 2. The molecule has 2 heterocycles. The van der Waals surface area contributed by atoms with E-state index in [0.29, 0.717) is 0 Å². The van der Waals surface area contributed by atoms with Gasteiger partial charge in [-0.3, -0.25) is 34.0 Å². The molecule has 0 atom stereocenters. The minimum Gasteiger partial charge on any atom is -0.507 e. The molecule has 11 nitrogen and oxygen atoms in total. The van der Waals surface area contributed by atoms with Crippen molar-refractivity contribution in [3.63, 3.8) is 0 Å². The van der Waals surface area contributed by atoms with Crippen molar-refractivity contribution in [3.8, 4) is 5.75 Å². The van der Waals surface area contributed by atoms with Crippen molar-refractivity contribution in [2.75, 3.05) is 5.32 Å². The first kappa shape index (κ1) is 18.8. The Labute approximate surface area is 157 Å². The number of hydrogen-bond donors (Lipinski definition) is 4. The average Bonchev–Trinajstić information content (AvgIpc) is 2.90. The highest BCUT2D eigenvalue weighted by Crippen LogP contribution is 2.18. The zero-order valence-electron chi connectivity index (χ0n) is 15.0. The molecule has 3 aromatic rings. The molecule has 28 heavy (non-hydrogen) atoms. The summed E-state index contributed by atoms with van der Waals surface area (Å²) in [5.74, 6) is -2.04. The van der Waals surface area contributed by atoms with Crippen molar-refractivity contribution >= 4 is 34.7 Å². The number of ketones is 1. The summed E-state index contributed by atoms with van der Waals surface area (Å²) in [7, 11) is 1.62. The lowest BCUT2D eigenvalue weighted by Gasteiger charge is -2.04. The van der Waals surface area contributed by atoms with E-state index >= 15 is 0 Å². The van der Waals surface area contributed by atoms with Gasteiger partial charge in [-0.25, -0.2) is 4.57 Å². The molecule has 0 saturated carbocycles. The molecule has 0 saturated heterocycles. The van der Waals surface area contributed by atoms with Gasteiger partial charge in [0, 0.05) is 12.5 Å². The van der Waals surface area contributed by atoms with Crippen LogP contribution in [0.15, 0.2) is 29.3 Å². The second-order valence-corrected chi connectivity index (χ2v) is 6.14. The van der Waals surface area contributed by atoms with E-state index in [1.165, 1.54) is 40.6 Å². The number of primary amides is 1. The highest BCUT2D eigenvalue weighted by molar-refractivity contribution is 6.01. The van der Waals surface area contributed by atoms with E-state index in [4.69, 9.17) is 5.73 Å². The third-order valence-electron chi connectivity index (χ3n) is 4.01. The zero-order valence-corrected chi connectivity index (χ0v) is 15.0. The standard InChI is InChI=1S/C17H16N6O5/c1-8(24)19-17-20-15-13(16(28)21-17)22(2)7-23(15)6-12(26)9-3-4-11(25)10(5-9)14(18)27/h3-5,7H,6H2,1-2H3,(H4-,18,19,20,21,24,25,26,27,28)/p+1. The molecular weight excluding hydrogens is 368 g/mol. The number of H-pyrrole nitrogens is 1. The van der Waals surface area contributed by atoms with Crippen LogP contribution in [0.4, 0.5) is 5.95 Å². The summed E-state index contributed by atoms with van der Waals surface area (Å²) in [5.41, 5.74) is 5.09. The monoisotopic (exact) mass is 385 g/mol. The number of nitrogens with two attached hydrogens (primary N) is 1. The fraction of sp³-hybridized carbons (Fsp3) is 0.176. The van der Waals surface area contributed by atoms with Crippen molar-refractivity contribution in [3.05, 3.63) is 46.0 Å². The van der Waals surface area contributed by atoms with Crippen LogP contribution in [0.3, 0.4) is 0 Å². The molecular formula is C17H17N6O5+. The van der Waals surface area contributed by atoms with Gasteiger partial charge < -0.3 is 10.8 Å². The first-order valence-electron chi connectivity index (χ1n) is 8.09. The number of benzene rings is 1. The van der Waals surface area contributed by atoms with Gasteiger partial charge in [0.05, 0.1) is 12.6 Å². The molecule has 0 aliphatic carbocycles. The normalized spacial score (nSPS) is 10.8. The fourth-order valence-corrected chi connectivity index (χ4v) is 2.79. The number of aromatic amines is 1. The van der Waals surface area contributed by atoms with E-state index in [2.05, 4.69) is 15.3 Å². The molecule has 0 bridgehead atoms. The van der Waals surface area contributed by atoms with Gasteiger partial charge in [0.25, 0.3) is 17.4 Å². The molecule has 0 unspecified atom stereocenters. The van der Waals surface area contributed by atoms with Gasteiger partial charge in [-0.1, -0.05) is 4.98 Å². The summed E-state index contributed by atoms with van der Waals surface area (Å²) in [6.45, 7) is 1.07. The summed E-state index contributed by atoms with van der Waals surface area (Å²) >= 11 is 0. The van der Waals surface area contributed by atoms with E-state index in [0.717, 1.165) is 0 Å². The number of fused-ring (bicyclic) bond motifs is 1. The molecule has 3 rings (SSSR count). The number of imidazole rings is 1. The third kappa shape index (κ3) is 3.45. The van der Waals surface area contributed by atoms with Gasteiger partial charge in [0.1, 0.15) is 12.3 Å². The Balaban J connectivity index is 2.02. The highest BCUT2D eigenvalue weighted by atomic mass is 16.3. The van der Waals surface area contributed by atoms with E-state index < -0.39 is 23.2 Å². The highest BCUT2D eigenvalue weighted by Gasteiger charge is 2.23. The van der Waals surface area contributed by atoms with Crippen LogP contribution in [0.5, 0.6) is 5.75 Å². The molecule has 1 aromatic carbocycles. The predicted octanol–water partition coefficient (Wildman–Crippen LogP) is -0.805. The summed E-state index contributed by atoms with van der Waals surface area (Å²) in [6, 6.07) is 3.77. The number of carbonyl (C=O) groups excluding carboxylic acids is 3. The maximum absolute atomic E-state index is 12.7. The lowest BCUT2D eigenvalue weighted by Crippen LogP contribution is -2.38. The van der Waals surface area contributed by atoms with Gasteiger partial charge in [-0.05, 0) is 18.2 Å². The van der Waals surface area contributed by atoms with Crippen LogP contribution >= 0.6 is 0 Å². The van der Waals surface area contributed by atoms with Gasteiger partial charge in [-0.2, -0.15) is 0 Å². The number of phenols is 1. The van der Waals surface area contributed by atoms with E-state index in [9.17, 15) is 24.3 Å². The van der Waals surface area contributed by atoms with Gasteiger partial charge >= 0.3 is 5.65 Å². The van der Waals surface area contributed by atoms with E-state index in [-0.39, 0.29) is 40.5 Å². The number of aromatic hydroxyl groups is 1. The Bertz CT molecular complexity index is 1190. The third-order valence-corrected chi connectivity index (χ3v) is 4.01. The van der Waals surface area contributed by atoms with Crippen molar-refractivity contribution in [1.29, 1.82) is 0 Å². The van der Waals surface area contributed by atoms with Crippen LogP contribution in [0.25, 0.3) is 11.2 Å². The molecule has 0 aliphatic rings. The summed E-state index contributed by atoms with van der Waals surface area (Å²) in [4.78, 5) is 54.2. The number of Topliss-reactive ketones (excluding diaryl/α,β-unsaturated/α-hetero) is 1. The van der Waals surface area contributed by atoms with Crippen LogP contribution < -0.4 is 21.2 Å². The quantitative estimate of drug-likeness (QED) is 0.331. The summed E-state index contributed by atoms with van der Waals surface area (Å²) in [6.07, 6.45) is 1.51. The lowest BCUT2D eigenvalue weighted by molar-refractivity contribution is -0.659. The molecule has 0 spiro atoms. The number of nitrogens with zero attached hydrogens (tertiary/aromatic N) is 3. The minimum absolute atomic E-state index is 0.0435. The predicted molar refractivity (Wildman–Crippen MR) is 96.8 cm³/mol. The Kier molecular flexibility index (Phi) is 4.65. The maximum Gasteiger partial charge on any atom is 0.312 e. The van der Waals surface area contributed by atoms with Gasteiger partial charge in [0.15, 0.2) is 12.1 Å². The van der Waals surface area contributed by atoms with Crippen molar-refractivity contribution < 1.29 is 24.1 Å². The summed E-state index contributed by atoms with van der Waals surface area (Å²) < 4.78 is 2.94. The van der Waals surface area contributed by atoms with E-state index in [1.807, 2.05) is 0 Å². The molecule has 0 fully saturated rings. The Morgan fingerprint density at radius 2 is 2.07 bits per heavy atom. The number of aromatic nitrogens is 4. The molecule has 2 aromatic heterocycles. The first-order chi connectivity index (χ1) is 13.2. The Morgan fingerprint density at radius 1 is 1.36 bits per heavy atom. The zero-order chi connectivity index (χ0) is 20.6. The smallest absolute Gasteiger partial charge is 0.312 e. The molecule has 11 heteroatoms. The fourth-order valence-electron chi connectivity index (χ4n) is 2.79. The largest absolute Gasteiger partial charge is 0.507 e. The second kappa shape index (κ2) is 6.95. The number of hydrogen-bond acceptors (Lipinski definition) is 6. The van der Waals surface area contributed by atoms with Crippen LogP contribution in [-0.4, -0.2) is 37.2 Å². The van der Waals surface area contributed by atoms with Crippen molar-refractivity contribution in [2.24, 2.45) is 12.8 Å². The van der Waals surface area contributed by atoms with Gasteiger partial charge in [0.2, 0.25) is 11.4 Å². The van der Waals surface area contributed by atoms with Crippen molar-refractivity contribution in [2.45, 2.75) is 13.5 Å². The first-order valence-corrected chi connectivity index (χ1v) is 8.09. The molecule has 144 valence electrons. The summed E-state index contributed by atoms with van der Waals surface area (Å²) in [5, 5.41) is 12.0. The molecule has 0 aliphatic heterocycles. The van der Waals surface area contributed by atoms with E-state index in [1.54, 1.807) is 7.05 Å². The van der Waals surface area contributed by atoms with Crippen LogP contribution in [0, 0.1) is 0 Å². The molecule has 2 amide bonds. The Hall–Kier alpha value is -4.02. The number of rotatable bonds is 5. The number of nitrogens with one attached hydrogen (secondary N) is 2. The number of aryl methyl sites for hydroxylation is 1. The number of anilines is 1. The molecule has 0 radical (unpaired) electrons. The SMILES string of the molecule is CC(=O)Nc1nc2c(c(=O)[nH]1)n(C)c[n+]2CC(=O)c1ccc(O)c(C(N)=O)c1. The lowest BCUT2D eigenvalue weighted by atomic mass is 10.1. The van der Waals surface area contributed by atoms with Crippen molar-refractivity contribution in [1.82, 2.24) is 14.5 Å². The minimum atomic E-state index is -0.863. The Morgan fingerprint density at radius 3 is 2.71 bits per heavy atom. The average molecular weight is 385 g/mol. The van der Waals surface area contributed by atoms with Crippen LogP contribution in [-0.2, 0) is 18.4 Å². The van der Waals surface area contributed by atoms with Crippen LogP contribution in [0.1, 0.15) is 27.6 Å². The second-order valence-electron chi connectivity index (χ2n) is 6.14. The maximum atomic E-state index is 12.7. The number of carbonyl (C=O) groups is 3. The van der Waals surface area contributed by atoms with Crippen LogP contribution in [0.2, 0.25) is 0 Å². The van der Waals surface area contributed by atoms with Gasteiger partial charge in [-0.15, -0.1) is 0 Å².